The highest BCUT2D eigenvalue weighted by Crippen LogP contribution is 2.38. The number of aliphatic hydroxyl groups excluding tert-OH is 1. The molecule has 1 aliphatic heterocycles. The summed E-state index contributed by atoms with van der Waals surface area (Å²) in [5.41, 5.74) is 1.36. The average Bonchev–Trinajstić information content (AvgIpc) is 3.06. The molecular formula is C25H28N2O3. The Morgan fingerprint density at radius 2 is 1.73 bits per heavy atom. The van der Waals surface area contributed by atoms with Gasteiger partial charge in [-0.3, -0.25) is 9.59 Å². The number of amides is 2. The van der Waals surface area contributed by atoms with Gasteiger partial charge >= 0.3 is 0 Å². The zero-order chi connectivity index (χ0) is 21.1. The second-order valence-electron chi connectivity index (χ2n) is 8.21. The van der Waals surface area contributed by atoms with Crippen LogP contribution in [0.5, 0.6) is 0 Å². The minimum Gasteiger partial charge on any atom is -0.508 e. The predicted molar refractivity (Wildman–Crippen MR) is 117 cm³/mol. The lowest BCUT2D eigenvalue weighted by Crippen LogP contribution is -2.41. The number of aliphatic hydroxyl groups is 1. The maximum atomic E-state index is 12.9. The Morgan fingerprint density at radius 3 is 2.37 bits per heavy atom. The van der Waals surface area contributed by atoms with E-state index in [9.17, 15) is 14.7 Å². The van der Waals surface area contributed by atoms with Crippen LogP contribution >= 0.6 is 0 Å². The molecule has 5 nitrogen and oxygen atoms in total. The van der Waals surface area contributed by atoms with Crippen molar-refractivity contribution < 1.29 is 14.7 Å². The summed E-state index contributed by atoms with van der Waals surface area (Å²) in [6.45, 7) is 1.87. The van der Waals surface area contributed by atoms with Gasteiger partial charge in [0.2, 0.25) is 0 Å². The first-order chi connectivity index (χ1) is 14.5. The van der Waals surface area contributed by atoms with Crippen molar-refractivity contribution >= 4 is 17.5 Å². The largest absolute Gasteiger partial charge is 0.508 e. The van der Waals surface area contributed by atoms with Crippen molar-refractivity contribution in [1.82, 2.24) is 5.32 Å². The van der Waals surface area contributed by atoms with Crippen molar-refractivity contribution in [2.75, 3.05) is 5.32 Å². The third kappa shape index (κ3) is 3.60. The van der Waals surface area contributed by atoms with Crippen LogP contribution in [0.4, 0.5) is 5.69 Å². The van der Waals surface area contributed by atoms with E-state index < -0.39 is 17.4 Å². The van der Waals surface area contributed by atoms with Crippen LogP contribution in [-0.4, -0.2) is 16.9 Å². The van der Waals surface area contributed by atoms with E-state index in [-0.39, 0.29) is 11.3 Å². The molecule has 3 N–H and O–H groups in total. The summed E-state index contributed by atoms with van der Waals surface area (Å²) in [5, 5.41) is 16.5. The fourth-order valence-corrected chi connectivity index (χ4v) is 4.71. The molecule has 2 aliphatic rings. The van der Waals surface area contributed by atoms with E-state index in [1.807, 2.05) is 49.4 Å². The fourth-order valence-electron chi connectivity index (χ4n) is 4.71. The van der Waals surface area contributed by atoms with Gasteiger partial charge in [0.05, 0.1) is 0 Å². The third-order valence-electron chi connectivity index (χ3n) is 6.46. The molecule has 2 aromatic carbocycles. The standard InChI is InChI=1S/C25H28N2O3/c1-2-25(19-11-7-4-8-12-19)22(28)21(24(30)27-25)23(29)26-20-15-13-18(14-16-20)17-9-5-3-6-10-17/h4,7-8,11-17,28H,2-3,5-6,9-10H2,1H3,(H,26,29)(H,27,30). The number of nitrogens with one attached hydrogen (secondary N) is 2. The average molecular weight is 405 g/mol. The SMILES string of the molecule is CCC1(c2ccccc2)NC(=O)C(C(=O)Nc2ccc(C3CCCCC3)cc2)=C1O. The van der Waals surface area contributed by atoms with E-state index >= 15 is 0 Å². The van der Waals surface area contributed by atoms with Gasteiger partial charge in [-0.15, -0.1) is 0 Å². The summed E-state index contributed by atoms with van der Waals surface area (Å²) in [6, 6.07) is 17.1. The summed E-state index contributed by atoms with van der Waals surface area (Å²) in [4.78, 5) is 25.5. The number of hydrogen-bond acceptors (Lipinski definition) is 3. The van der Waals surface area contributed by atoms with E-state index in [0.717, 1.165) is 5.56 Å². The number of carbonyl (C=O) groups is 2. The molecule has 4 rings (SSSR count). The van der Waals surface area contributed by atoms with Crippen molar-refractivity contribution in [3.05, 3.63) is 77.1 Å². The summed E-state index contributed by atoms with van der Waals surface area (Å²) in [7, 11) is 0. The van der Waals surface area contributed by atoms with E-state index in [1.54, 1.807) is 0 Å². The lowest BCUT2D eigenvalue weighted by atomic mass is 9.84. The second-order valence-corrected chi connectivity index (χ2v) is 8.21. The van der Waals surface area contributed by atoms with Crippen molar-refractivity contribution in [1.29, 1.82) is 0 Å². The first-order valence-electron chi connectivity index (χ1n) is 10.8. The normalized spacial score (nSPS) is 22.1. The molecule has 1 fully saturated rings. The highest BCUT2D eigenvalue weighted by Gasteiger charge is 2.47. The van der Waals surface area contributed by atoms with Gasteiger partial charge < -0.3 is 15.7 Å². The zero-order valence-electron chi connectivity index (χ0n) is 17.3. The first-order valence-corrected chi connectivity index (χ1v) is 10.8. The summed E-state index contributed by atoms with van der Waals surface area (Å²) < 4.78 is 0. The number of benzene rings is 2. The minimum absolute atomic E-state index is 0.225. The predicted octanol–water partition coefficient (Wildman–Crippen LogP) is 4.92. The van der Waals surface area contributed by atoms with E-state index in [2.05, 4.69) is 22.8 Å². The van der Waals surface area contributed by atoms with Crippen molar-refractivity contribution in [3.63, 3.8) is 0 Å². The molecule has 0 bridgehead atoms. The minimum atomic E-state index is -1.07. The number of hydrogen-bond donors (Lipinski definition) is 3. The van der Waals surface area contributed by atoms with Crippen LogP contribution in [0, 0.1) is 0 Å². The Kier molecular flexibility index (Phi) is 5.62. The number of rotatable bonds is 5. The van der Waals surface area contributed by atoms with Gasteiger partial charge in [0.1, 0.15) is 16.9 Å². The van der Waals surface area contributed by atoms with Crippen LogP contribution in [0.25, 0.3) is 0 Å². The number of anilines is 1. The Morgan fingerprint density at radius 1 is 1.07 bits per heavy atom. The van der Waals surface area contributed by atoms with Crippen LogP contribution in [-0.2, 0) is 15.1 Å². The molecule has 1 atom stereocenters. The molecule has 0 aromatic heterocycles. The molecule has 1 saturated carbocycles. The molecule has 2 amide bonds. The lowest BCUT2D eigenvalue weighted by Gasteiger charge is -2.28. The van der Waals surface area contributed by atoms with Crippen molar-refractivity contribution in [2.24, 2.45) is 0 Å². The van der Waals surface area contributed by atoms with E-state index in [4.69, 9.17) is 0 Å². The lowest BCUT2D eigenvalue weighted by molar-refractivity contribution is -0.121. The van der Waals surface area contributed by atoms with Crippen LogP contribution < -0.4 is 10.6 Å². The molecule has 30 heavy (non-hydrogen) atoms. The number of carbonyl (C=O) groups excluding carboxylic acids is 2. The van der Waals surface area contributed by atoms with Crippen molar-refractivity contribution in [3.8, 4) is 0 Å². The molecular weight excluding hydrogens is 376 g/mol. The summed E-state index contributed by atoms with van der Waals surface area (Å²) in [5.74, 6) is -0.791. The Bertz CT molecular complexity index is 960. The van der Waals surface area contributed by atoms with Gasteiger partial charge in [-0.2, -0.15) is 0 Å². The smallest absolute Gasteiger partial charge is 0.264 e. The maximum absolute atomic E-state index is 12.9. The van der Waals surface area contributed by atoms with Gasteiger partial charge in [0.15, 0.2) is 0 Å². The van der Waals surface area contributed by atoms with E-state index in [0.29, 0.717) is 18.0 Å². The molecule has 2 aromatic rings. The summed E-state index contributed by atoms with van der Waals surface area (Å²) in [6.07, 6.45) is 6.71. The van der Waals surface area contributed by atoms with Crippen LogP contribution in [0.2, 0.25) is 0 Å². The van der Waals surface area contributed by atoms with Crippen molar-refractivity contribution in [2.45, 2.75) is 56.9 Å². The topological polar surface area (TPSA) is 78.4 Å². The van der Waals surface area contributed by atoms with Crippen LogP contribution in [0.3, 0.4) is 0 Å². The zero-order valence-corrected chi connectivity index (χ0v) is 17.3. The Hall–Kier alpha value is -3.08. The molecule has 5 heteroatoms. The van der Waals surface area contributed by atoms with Crippen LogP contribution in [0.15, 0.2) is 65.9 Å². The molecule has 1 aliphatic carbocycles. The first kappa shape index (κ1) is 20.2. The second kappa shape index (κ2) is 8.34. The van der Waals surface area contributed by atoms with Gasteiger partial charge in [0, 0.05) is 5.69 Å². The molecule has 0 saturated heterocycles. The fraction of sp³-hybridized carbons (Fsp3) is 0.360. The molecule has 156 valence electrons. The molecule has 1 unspecified atom stereocenters. The highest BCUT2D eigenvalue weighted by molar-refractivity contribution is 6.25. The summed E-state index contributed by atoms with van der Waals surface area (Å²) >= 11 is 0. The van der Waals surface area contributed by atoms with Gasteiger partial charge in [-0.1, -0.05) is 68.7 Å². The Labute approximate surface area is 177 Å². The molecule has 0 radical (unpaired) electrons. The van der Waals surface area contributed by atoms with Crippen LogP contribution in [0.1, 0.15) is 62.5 Å². The monoisotopic (exact) mass is 404 g/mol. The van der Waals surface area contributed by atoms with Gasteiger partial charge in [-0.05, 0) is 48.4 Å². The third-order valence-corrected chi connectivity index (χ3v) is 6.46. The van der Waals surface area contributed by atoms with E-state index in [1.165, 1.54) is 37.7 Å². The Balaban J connectivity index is 1.55. The maximum Gasteiger partial charge on any atom is 0.264 e. The quantitative estimate of drug-likeness (QED) is 0.619. The molecule has 1 heterocycles. The highest BCUT2D eigenvalue weighted by atomic mass is 16.3. The van der Waals surface area contributed by atoms with Gasteiger partial charge in [0.25, 0.3) is 11.8 Å². The molecule has 0 spiro atoms. The van der Waals surface area contributed by atoms with Gasteiger partial charge in [-0.25, -0.2) is 0 Å².